The van der Waals surface area contributed by atoms with E-state index in [-0.39, 0.29) is 5.91 Å². The fourth-order valence-electron chi connectivity index (χ4n) is 2.56. The van der Waals surface area contributed by atoms with Crippen molar-refractivity contribution < 1.29 is 4.79 Å². The van der Waals surface area contributed by atoms with Gasteiger partial charge >= 0.3 is 0 Å². The number of carbonyl (C=O) groups excluding carboxylic acids is 1. The highest BCUT2D eigenvalue weighted by atomic mass is 79.9. The van der Waals surface area contributed by atoms with Gasteiger partial charge in [-0.15, -0.1) is 11.3 Å². The number of benzene rings is 1. The predicted octanol–water partition coefficient (Wildman–Crippen LogP) is 4.95. The molecule has 2 heterocycles. The van der Waals surface area contributed by atoms with Crippen molar-refractivity contribution in [1.29, 1.82) is 0 Å². The lowest BCUT2D eigenvalue weighted by Crippen LogP contribution is -2.25. The Labute approximate surface area is 157 Å². The largest absolute Gasteiger partial charge is 0.351 e. The van der Waals surface area contributed by atoms with Crippen LogP contribution in [0, 0.1) is 13.8 Å². The van der Waals surface area contributed by atoms with Crippen molar-refractivity contribution in [1.82, 2.24) is 15.1 Å². The summed E-state index contributed by atoms with van der Waals surface area (Å²) in [6.07, 6.45) is 0.808. The Morgan fingerprint density at radius 2 is 2.12 bits per heavy atom. The number of amides is 1. The van der Waals surface area contributed by atoms with Crippen LogP contribution in [0.3, 0.4) is 0 Å². The number of hydrogen-bond donors (Lipinski definition) is 1. The molecule has 4 nitrogen and oxygen atoms in total. The van der Waals surface area contributed by atoms with Gasteiger partial charge in [0.25, 0.3) is 5.91 Å². The second-order valence-electron chi connectivity index (χ2n) is 5.56. The lowest BCUT2D eigenvalue weighted by molar-refractivity contribution is 0.0957. The zero-order valence-corrected chi connectivity index (χ0v) is 16.6. The minimum Gasteiger partial charge on any atom is -0.351 e. The molecule has 0 atom stereocenters. The van der Waals surface area contributed by atoms with Gasteiger partial charge < -0.3 is 5.32 Å². The van der Waals surface area contributed by atoms with Crippen molar-refractivity contribution >= 4 is 54.9 Å². The van der Waals surface area contributed by atoms with Gasteiger partial charge in [0.2, 0.25) is 0 Å². The van der Waals surface area contributed by atoms with Gasteiger partial charge in [-0.25, -0.2) is 0 Å². The summed E-state index contributed by atoms with van der Waals surface area (Å²) in [7, 11) is 0. The Morgan fingerprint density at radius 1 is 1.38 bits per heavy atom. The first-order chi connectivity index (χ1) is 11.5. The summed E-state index contributed by atoms with van der Waals surface area (Å²) in [5.74, 6) is -0.115. The number of fused-ring (bicyclic) bond motifs is 1. The molecule has 1 aromatic carbocycles. The fourth-order valence-corrected chi connectivity index (χ4v) is 4.28. The lowest BCUT2D eigenvalue weighted by Gasteiger charge is -2.06. The molecule has 3 rings (SSSR count). The molecule has 0 saturated heterocycles. The summed E-state index contributed by atoms with van der Waals surface area (Å²) >= 11 is 11.3. The quantitative estimate of drug-likeness (QED) is 0.587. The van der Waals surface area contributed by atoms with Crippen molar-refractivity contribution in [2.24, 2.45) is 0 Å². The van der Waals surface area contributed by atoms with Crippen LogP contribution in [-0.2, 0) is 6.54 Å². The molecule has 0 radical (unpaired) electrons. The van der Waals surface area contributed by atoms with Crippen LogP contribution in [0.1, 0.15) is 27.5 Å². The molecule has 0 saturated carbocycles. The van der Waals surface area contributed by atoms with E-state index in [9.17, 15) is 4.79 Å². The molecule has 1 amide bonds. The standard InChI is InChI=1S/C17H17BrClN3OS/c1-10-14(18)11(2)22(21-10)9-5-8-20-17(23)16-15(19)12-6-3-4-7-13(12)24-16/h3-4,6-7H,5,8-9H2,1-2H3,(H,20,23). The van der Waals surface area contributed by atoms with Crippen molar-refractivity contribution in [3.05, 3.63) is 50.0 Å². The van der Waals surface area contributed by atoms with E-state index in [4.69, 9.17) is 11.6 Å². The first-order valence-electron chi connectivity index (χ1n) is 7.63. The Hall–Kier alpha value is -1.37. The third-order valence-corrected chi connectivity index (χ3v) is 6.69. The molecule has 0 aliphatic heterocycles. The topological polar surface area (TPSA) is 46.9 Å². The van der Waals surface area contributed by atoms with E-state index in [2.05, 4.69) is 26.3 Å². The smallest absolute Gasteiger partial charge is 0.262 e. The van der Waals surface area contributed by atoms with Gasteiger partial charge in [0.05, 0.1) is 15.2 Å². The van der Waals surface area contributed by atoms with Gasteiger partial charge in [-0.2, -0.15) is 5.10 Å². The van der Waals surface area contributed by atoms with Gasteiger partial charge in [-0.3, -0.25) is 9.48 Å². The number of aromatic nitrogens is 2. The summed E-state index contributed by atoms with van der Waals surface area (Å²) in [6, 6.07) is 7.79. The summed E-state index contributed by atoms with van der Waals surface area (Å²) in [6.45, 7) is 5.34. The first kappa shape index (κ1) is 17.5. The highest BCUT2D eigenvalue weighted by molar-refractivity contribution is 9.10. The maximum Gasteiger partial charge on any atom is 0.262 e. The van der Waals surface area contributed by atoms with Gasteiger partial charge in [-0.05, 0) is 42.3 Å². The van der Waals surface area contributed by atoms with Crippen LogP contribution in [0.15, 0.2) is 28.7 Å². The second kappa shape index (κ2) is 7.25. The summed E-state index contributed by atoms with van der Waals surface area (Å²) in [4.78, 5) is 12.9. The van der Waals surface area contributed by atoms with Crippen molar-refractivity contribution in [2.75, 3.05) is 6.54 Å². The monoisotopic (exact) mass is 425 g/mol. The Kier molecular flexibility index (Phi) is 5.27. The van der Waals surface area contributed by atoms with Crippen LogP contribution in [-0.4, -0.2) is 22.2 Å². The SMILES string of the molecule is Cc1nn(CCCNC(=O)c2sc3ccccc3c2Cl)c(C)c1Br. The molecule has 1 N–H and O–H groups in total. The third kappa shape index (κ3) is 3.36. The Bertz CT molecular complexity index is 903. The molecule has 126 valence electrons. The van der Waals surface area contributed by atoms with E-state index < -0.39 is 0 Å². The molecule has 0 aliphatic rings. The number of thiophene rings is 1. The molecular formula is C17H17BrClN3OS. The second-order valence-corrected chi connectivity index (χ2v) is 7.78. The molecule has 24 heavy (non-hydrogen) atoms. The summed E-state index contributed by atoms with van der Waals surface area (Å²) in [5.41, 5.74) is 2.08. The number of hydrogen-bond acceptors (Lipinski definition) is 3. The number of aryl methyl sites for hydroxylation is 2. The van der Waals surface area contributed by atoms with E-state index in [1.807, 2.05) is 42.8 Å². The lowest BCUT2D eigenvalue weighted by atomic mass is 10.2. The molecule has 7 heteroatoms. The molecule has 0 spiro atoms. The van der Waals surface area contributed by atoms with E-state index in [0.29, 0.717) is 16.4 Å². The fraction of sp³-hybridized carbons (Fsp3) is 0.294. The average molecular weight is 427 g/mol. The third-order valence-electron chi connectivity index (χ3n) is 3.87. The van der Waals surface area contributed by atoms with Gasteiger partial charge in [-0.1, -0.05) is 29.8 Å². The maximum absolute atomic E-state index is 12.4. The molecule has 2 aromatic heterocycles. The van der Waals surface area contributed by atoms with Crippen LogP contribution in [0.2, 0.25) is 5.02 Å². The number of nitrogens with zero attached hydrogens (tertiary/aromatic N) is 2. The minimum absolute atomic E-state index is 0.115. The summed E-state index contributed by atoms with van der Waals surface area (Å²) < 4.78 is 4.03. The van der Waals surface area contributed by atoms with E-state index in [0.717, 1.165) is 38.9 Å². The van der Waals surface area contributed by atoms with Gasteiger partial charge in [0, 0.05) is 28.9 Å². The van der Waals surface area contributed by atoms with Crippen LogP contribution in [0.4, 0.5) is 0 Å². The first-order valence-corrected chi connectivity index (χ1v) is 9.62. The van der Waals surface area contributed by atoms with Crippen LogP contribution >= 0.6 is 38.9 Å². The van der Waals surface area contributed by atoms with Crippen molar-refractivity contribution in [2.45, 2.75) is 26.8 Å². The molecule has 0 aliphatic carbocycles. The van der Waals surface area contributed by atoms with E-state index in [1.54, 1.807) is 0 Å². The molecule has 0 fully saturated rings. The zero-order chi connectivity index (χ0) is 17.3. The predicted molar refractivity (Wildman–Crippen MR) is 103 cm³/mol. The van der Waals surface area contributed by atoms with E-state index in [1.165, 1.54) is 11.3 Å². The van der Waals surface area contributed by atoms with E-state index >= 15 is 0 Å². The average Bonchev–Trinajstić information content (AvgIpc) is 3.04. The van der Waals surface area contributed by atoms with Crippen LogP contribution in [0.25, 0.3) is 10.1 Å². The van der Waals surface area contributed by atoms with Crippen molar-refractivity contribution in [3.63, 3.8) is 0 Å². The van der Waals surface area contributed by atoms with Crippen molar-refractivity contribution in [3.8, 4) is 0 Å². The van der Waals surface area contributed by atoms with Crippen LogP contribution < -0.4 is 5.32 Å². The molecule has 0 bridgehead atoms. The normalized spacial score (nSPS) is 11.2. The highest BCUT2D eigenvalue weighted by Crippen LogP contribution is 2.34. The summed E-state index contributed by atoms with van der Waals surface area (Å²) in [5, 5.41) is 8.88. The maximum atomic E-state index is 12.4. The Morgan fingerprint density at radius 3 is 2.79 bits per heavy atom. The van der Waals surface area contributed by atoms with Crippen LogP contribution in [0.5, 0.6) is 0 Å². The molecule has 3 aromatic rings. The van der Waals surface area contributed by atoms with Gasteiger partial charge in [0.1, 0.15) is 4.88 Å². The van der Waals surface area contributed by atoms with Gasteiger partial charge in [0.15, 0.2) is 0 Å². The zero-order valence-electron chi connectivity index (χ0n) is 13.4. The number of nitrogens with one attached hydrogen (secondary N) is 1. The number of carbonyl (C=O) groups is 1. The highest BCUT2D eigenvalue weighted by Gasteiger charge is 2.16. The Balaban J connectivity index is 1.59. The number of halogens is 2. The molecular weight excluding hydrogens is 410 g/mol. The number of rotatable bonds is 5. The minimum atomic E-state index is -0.115. The molecule has 0 unspecified atom stereocenters.